The zero-order valence-electron chi connectivity index (χ0n) is 12.1. The summed E-state index contributed by atoms with van der Waals surface area (Å²) in [6.45, 7) is 2.14. The van der Waals surface area contributed by atoms with Gasteiger partial charge < -0.3 is 5.32 Å². The predicted octanol–water partition coefficient (Wildman–Crippen LogP) is 3.10. The molecule has 0 unspecified atom stereocenters. The average Bonchev–Trinajstić information content (AvgIpc) is 2.85. The topological polar surface area (TPSA) is 46.2 Å². The Balaban J connectivity index is 1.73. The van der Waals surface area contributed by atoms with Gasteiger partial charge in [-0.1, -0.05) is 37.3 Å². The molecule has 3 nitrogen and oxygen atoms in total. The molecule has 110 valence electrons. The van der Waals surface area contributed by atoms with Gasteiger partial charge >= 0.3 is 0 Å². The van der Waals surface area contributed by atoms with Gasteiger partial charge in [-0.3, -0.25) is 0 Å². The summed E-state index contributed by atoms with van der Waals surface area (Å²) in [5.41, 5.74) is 6.26. The number of benzene rings is 2. The van der Waals surface area contributed by atoms with Crippen LogP contribution in [0.4, 0.5) is 5.69 Å². The summed E-state index contributed by atoms with van der Waals surface area (Å²) >= 11 is 0. The van der Waals surface area contributed by atoms with E-state index in [1.807, 2.05) is 6.07 Å². The first-order valence-corrected chi connectivity index (χ1v) is 9.07. The number of rotatable bonds is 5. The molecule has 1 aliphatic rings. The highest BCUT2D eigenvalue weighted by atomic mass is 32.2. The fraction of sp³-hybridized carbons (Fsp3) is 0.294. The minimum atomic E-state index is -2.91. The van der Waals surface area contributed by atoms with Crippen LogP contribution in [0.25, 0.3) is 11.1 Å². The van der Waals surface area contributed by atoms with Crippen LogP contribution in [0.3, 0.4) is 0 Å². The number of nitrogens with one attached hydrogen (secondary N) is 1. The van der Waals surface area contributed by atoms with Crippen molar-refractivity contribution in [1.29, 1.82) is 0 Å². The van der Waals surface area contributed by atoms with E-state index in [1.165, 1.54) is 22.3 Å². The number of fused-ring (bicyclic) bond motifs is 3. The van der Waals surface area contributed by atoms with Crippen molar-refractivity contribution in [1.82, 2.24) is 0 Å². The fourth-order valence-corrected chi connectivity index (χ4v) is 3.45. The van der Waals surface area contributed by atoms with Crippen molar-refractivity contribution < 1.29 is 8.42 Å². The lowest BCUT2D eigenvalue weighted by Crippen LogP contribution is -2.17. The summed E-state index contributed by atoms with van der Waals surface area (Å²) in [5, 5.41) is 3.21. The largest absolute Gasteiger partial charge is 0.384 e. The molecule has 0 fully saturated rings. The van der Waals surface area contributed by atoms with E-state index in [0.29, 0.717) is 6.54 Å². The van der Waals surface area contributed by atoms with E-state index < -0.39 is 9.84 Å². The van der Waals surface area contributed by atoms with E-state index in [9.17, 15) is 8.42 Å². The Morgan fingerprint density at radius 3 is 2.62 bits per heavy atom. The maximum Gasteiger partial charge on any atom is 0.151 e. The van der Waals surface area contributed by atoms with Gasteiger partial charge in [0.25, 0.3) is 0 Å². The highest BCUT2D eigenvalue weighted by molar-refractivity contribution is 7.91. The predicted molar refractivity (Wildman–Crippen MR) is 87.5 cm³/mol. The molecule has 21 heavy (non-hydrogen) atoms. The smallest absolute Gasteiger partial charge is 0.151 e. The van der Waals surface area contributed by atoms with Crippen molar-refractivity contribution in [3.05, 3.63) is 53.6 Å². The second-order valence-corrected chi connectivity index (χ2v) is 7.84. The van der Waals surface area contributed by atoms with Gasteiger partial charge in [0.15, 0.2) is 9.84 Å². The second-order valence-electron chi connectivity index (χ2n) is 5.37. The first-order valence-electron chi connectivity index (χ1n) is 7.24. The minimum Gasteiger partial charge on any atom is -0.384 e. The fourth-order valence-electron chi connectivity index (χ4n) is 2.75. The zero-order valence-corrected chi connectivity index (χ0v) is 12.9. The molecule has 0 aliphatic heterocycles. The quantitative estimate of drug-likeness (QED) is 0.787. The summed E-state index contributed by atoms with van der Waals surface area (Å²) in [4.78, 5) is 0. The highest BCUT2D eigenvalue weighted by Gasteiger charge is 2.17. The Hall–Kier alpha value is -1.81. The third-order valence-corrected chi connectivity index (χ3v) is 5.68. The molecule has 0 bridgehead atoms. The summed E-state index contributed by atoms with van der Waals surface area (Å²) in [6.07, 6.45) is 0.953. The third-order valence-electron chi connectivity index (χ3n) is 3.98. The summed E-state index contributed by atoms with van der Waals surface area (Å²) < 4.78 is 23.0. The van der Waals surface area contributed by atoms with Crippen molar-refractivity contribution in [3.63, 3.8) is 0 Å². The third kappa shape index (κ3) is 2.95. The summed E-state index contributed by atoms with van der Waals surface area (Å²) in [7, 11) is -2.91. The molecule has 0 saturated heterocycles. The van der Waals surface area contributed by atoms with Crippen LogP contribution in [0, 0.1) is 0 Å². The van der Waals surface area contributed by atoms with Gasteiger partial charge in [0.05, 0.1) is 5.75 Å². The van der Waals surface area contributed by atoms with Crippen LogP contribution in [0.15, 0.2) is 42.5 Å². The summed E-state index contributed by atoms with van der Waals surface area (Å²) in [5.74, 6) is 0.384. The Kier molecular flexibility index (Phi) is 3.72. The van der Waals surface area contributed by atoms with E-state index in [-0.39, 0.29) is 11.5 Å². The Bertz CT molecular complexity index is 766. The van der Waals surface area contributed by atoms with Crippen LogP contribution >= 0.6 is 0 Å². The first kappa shape index (κ1) is 14.1. The molecule has 4 heteroatoms. The van der Waals surface area contributed by atoms with E-state index in [2.05, 4.69) is 41.7 Å². The molecule has 3 rings (SSSR count). The van der Waals surface area contributed by atoms with Crippen molar-refractivity contribution in [2.24, 2.45) is 0 Å². The lowest BCUT2D eigenvalue weighted by Gasteiger charge is -2.08. The van der Waals surface area contributed by atoms with Gasteiger partial charge in [0.2, 0.25) is 0 Å². The van der Waals surface area contributed by atoms with Crippen LogP contribution in [-0.4, -0.2) is 26.5 Å². The highest BCUT2D eigenvalue weighted by Crippen LogP contribution is 2.37. The van der Waals surface area contributed by atoms with Gasteiger partial charge in [-0.05, 0) is 40.8 Å². The van der Waals surface area contributed by atoms with Crippen LogP contribution in [0.2, 0.25) is 0 Å². The van der Waals surface area contributed by atoms with E-state index >= 15 is 0 Å². The molecular formula is C17H19NO2S. The maximum absolute atomic E-state index is 11.5. The first-order chi connectivity index (χ1) is 10.1. The van der Waals surface area contributed by atoms with Gasteiger partial charge in [-0.2, -0.15) is 0 Å². The molecule has 2 aromatic rings. The van der Waals surface area contributed by atoms with E-state index in [4.69, 9.17) is 0 Å². The SMILES string of the molecule is CCS(=O)(=O)CCNc1ccc2c(c1)Cc1ccccc1-2. The standard InChI is InChI=1S/C17H19NO2S/c1-2-21(19,20)10-9-18-15-7-8-17-14(12-15)11-13-5-3-4-6-16(13)17/h3-8,12,18H,2,9-11H2,1H3. The van der Waals surface area contributed by atoms with E-state index in [1.54, 1.807) is 6.92 Å². The average molecular weight is 301 g/mol. The van der Waals surface area contributed by atoms with Gasteiger partial charge in [-0.15, -0.1) is 0 Å². The van der Waals surface area contributed by atoms with Crippen molar-refractivity contribution >= 4 is 15.5 Å². The monoisotopic (exact) mass is 301 g/mol. The Morgan fingerprint density at radius 1 is 1.05 bits per heavy atom. The van der Waals surface area contributed by atoms with Gasteiger partial charge in [0.1, 0.15) is 0 Å². The Morgan fingerprint density at radius 2 is 1.81 bits per heavy atom. The number of hydrogen-bond acceptors (Lipinski definition) is 3. The van der Waals surface area contributed by atoms with Crippen molar-refractivity contribution in [3.8, 4) is 11.1 Å². The van der Waals surface area contributed by atoms with Crippen LogP contribution in [0.5, 0.6) is 0 Å². The van der Waals surface area contributed by atoms with Crippen LogP contribution in [0.1, 0.15) is 18.1 Å². The second kappa shape index (κ2) is 5.53. The molecule has 2 aromatic carbocycles. The number of hydrogen-bond donors (Lipinski definition) is 1. The molecule has 0 radical (unpaired) electrons. The zero-order chi connectivity index (χ0) is 14.9. The van der Waals surface area contributed by atoms with Crippen LogP contribution in [-0.2, 0) is 16.3 Å². The van der Waals surface area contributed by atoms with Gasteiger partial charge in [-0.25, -0.2) is 8.42 Å². The number of sulfone groups is 1. The molecule has 0 atom stereocenters. The molecule has 1 aliphatic carbocycles. The molecule has 0 amide bonds. The lowest BCUT2D eigenvalue weighted by molar-refractivity contribution is 0.597. The van der Waals surface area contributed by atoms with Crippen molar-refractivity contribution in [2.75, 3.05) is 23.4 Å². The number of anilines is 1. The summed E-state index contributed by atoms with van der Waals surface area (Å²) in [6, 6.07) is 14.7. The Labute approximate surface area is 125 Å². The molecule has 0 spiro atoms. The maximum atomic E-state index is 11.5. The molecular weight excluding hydrogens is 282 g/mol. The van der Waals surface area contributed by atoms with Crippen LogP contribution < -0.4 is 5.32 Å². The van der Waals surface area contributed by atoms with Gasteiger partial charge in [0, 0.05) is 18.0 Å². The molecule has 0 saturated carbocycles. The molecule has 0 aromatic heterocycles. The van der Waals surface area contributed by atoms with Crippen molar-refractivity contribution in [2.45, 2.75) is 13.3 Å². The molecule has 0 heterocycles. The molecule has 1 N–H and O–H groups in total. The lowest BCUT2D eigenvalue weighted by atomic mass is 10.1. The normalized spacial score (nSPS) is 12.8. The minimum absolute atomic E-state index is 0.181. The van der Waals surface area contributed by atoms with E-state index in [0.717, 1.165) is 12.1 Å².